The molecule has 0 bridgehead atoms. The Morgan fingerprint density at radius 2 is 2.00 bits per heavy atom. The highest BCUT2D eigenvalue weighted by Gasteiger charge is 2.35. The van der Waals surface area contributed by atoms with E-state index >= 15 is 0 Å². The normalized spacial score (nSPS) is 16.8. The number of para-hydroxylation sites is 1. The number of nitrogens with two attached hydrogens (primary N) is 1. The number of halogens is 1. The van der Waals surface area contributed by atoms with Crippen molar-refractivity contribution in [3.63, 3.8) is 0 Å². The molecule has 1 heterocycles. The minimum absolute atomic E-state index is 0.0142. The number of amides is 2. The lowest BCUT2D eigenvalue weighted by molar-refractivity contribution is -0.123. The molecule has 0 saturated carbocycles. The van der Waals surface area contributed by atoms with Crippen LogP contribution in [0.25, 0.3) is 6.08 Å². The Morgan fingerprint density at radius 3 is 2.62 bits per heavy atom. The van der Waals surface area contributed by atoms with Crippen LogP contribution in [0.1, 0.15) is 19.4 Å². The zero-order chi connectivity index (χ0) is 21.0. The van der Waals surface area contributed by atoms with Crippen LogP contribution in [0.15, 0.2) is 62.9 Å². The fourth-order valence-corrected chi connectivity index (χ4v) is 4.29. The first-order valence-electron chi connectivity index (χ1n) is 8.92. The van der Waals surface area contributed by atoms with Crippen molar-refractivity contribution in [2.45, 2.75) is 19.9 Å². The van der Waals surface area contributed by atoms with E-state index in [0.29, 0.717) is 20.3 Å². The van der Waals surface area contributed by atoms with E-state index in [9.17, 15) is 9.59 Å². The van der Waals surface area contributed by atoms with Crippen molar-refractivity contribution in [2.24, 2.45) is 10.7 Å². The summed E-state index contributed by atoms with van der Waals surface area (Å²) in [5.74, 6) is -0.119. The average Bonchev–Trinajstić information content (AvgIpc) is 2.96. The van der Waals surface area contributed by atoms with Crippen LogP contribution >= 0.6 is 27.7 Å². The van der Waals surface area contributed by atoms with Gasteiger partial charge in [-0.25, -0.2) is 4.99 Å². The van der Waals surface area contributed by atoms with Gasteiger partial charge >= 0.3 is 0 Å². The van der Waals surface area contributed by atoms with Crippen molar-refractivity contribution in [2.75, 3.05) is 6.61 Å². The van der Waals surface area contributed by atoms with Gasteiger partial charge in [-0.3, -0.25) is 14.5 Å². The molecule has 1 aliphatic heterocycles. The molecule has 3 rings (SSSR count). The van der Waals surface area contributed by atoms with Gasteiger partial charge < -0.3 is 10.5 Å². The van der Waals surface area contributed by atoms with Crippen molar-refractivity contribution >= 4 is 56.4 Å². The molecule has 2 amide bonds. The predicted molar refractivity (Wildman–Crippen MR) is 120 cm³/mol. The first kappa shape index (κ1) is 21.1. The smallest absolute Gasteiger partial charge is 0.266 e. The summed E-state index contributed by atoms with van der Waals surface area (Å²) >= 11 is 4.77. The van der Waals surface area contributed by atoms with Crippen molar-refractivity contribution < 1.29 is 14.3 Å². The molecule has 2 N–H and O–H groups in total. The Labute approximate surface area is 181 Å². The van der Waals surface area contributed by atoms with E-state index in [1.807, 2.05) is 62.4 Å². The van der Waals surface area contributed by atoms with Crippen LogP contribution in [0, 0.1) is 0 Å². The standard InChI is InChI=1S/C21H20BrN3O3S/c1-13(2)25-20(27)18(29-21(25)24-15-6-4-3-5-7-15)11-14-8-9-17(16(22)10-14)28-12-19(23)26/h3-11,13H,12H2,1-2H3,(H2,23,26)/b18-11-,24-21?. The SMILES string of the molecule is CC(C)N1C(=O)/C(=C/c2ccc(OCC(N)=O)c(Br)c2)SC1=Nc1ccccc1. The van der Waals surface area contributed by atoms with Crippen LogP contribution in [0.2, 0.25) is 0 Å². The molecule has 1 saturated heterocycles. The lowest BCUT2D eigenvalue weighted by Crippen LogP contribution is -2.35. The number of amidine groups is 1. The third-order valence-electron chi connectivity index (χ3n) is 3.96. The van der Waals surface area contributed by atoms with Crippen molar-refractivity contribution in [1.82, 2.24) is 4.90 Å². The number of benzene rings is 2. The van der Waals surface area contributed by atoms with Crippen LogP contribution in [0.3, 0.4) is 0 Å². The number of ether oxygens (including phenoxy) is 1. The van der Waals surface area contributed by atoms with Gasteiger partial charge in [-0.05, 0) is 77.4 Å². The van der Waals surface area contributed by atoms with Gasteiger partial charge in [-0.1, -0.05) is 24.3 Å². The Bertz CT molecular complexity index is 990. The van der Waals surface area contributed by atoms with E-state index in [1.54, 1.807) is 11.0 Å². The molecular weight excluding hydrogens is 454 g/mol. The number of hydrogen-bond acceptors (Lipinski definition) is 5. The van der Waals surface area contributed by atoms with Gasteiger partial charge in [0.15, 0.2) is 11.8 Å². The largest absolute Gasteiger partial charge is 0.483 e. The summed E-state index contributed by atoms with van der Waals surface area (Å²) in [5, 5.41) is 0.655. The maximum Gasteiger partial charge on any atom is 0.266 e. The summed E-state index contributed by atoms with van der Waals surface area (Å²) in [4.78, 5) is 30.8. The summed E-state index contributed by atoms with van der Waals surface area (Å²) in [6.07, 6.45) is 1.82. The molecule has 0 spiro atoms. The molecule has 0 aromatic heterocycles. The molecule has 8 heteroatoms. The van der Waals surface area contributed by atoms with Crippen molar-refractivity contribution in [3.05, 3.63) is 63.5 Å². The van der Waals surface area contributed by atoms with Gasteiger partial charge in [0.05, 0.1) is 15.1 Å². The van der Waals surface area contributed by atoms with E-state index in [1.165, 1.54) is 11.8 Å². The Hall–Kier alpha value is -2.58. The van der Waals surface area contributed by atoms with Crippen LogP contribution in [0.5, 0.6) is 5.75 Å². The third-order valence-corrected chi connectivity index (χ3v) is 5.56. The Kier molecular flexibility index (Phi) is 6.76. The van der Waals surface area contributed by atoms with Gasteiger partial charge in [-0.15, -0.1) is 0 Å². The monoisotopic (exact) mass is 473 g/mol. The summed E-state index contributed by atoms with van der Waals surface area (Å²) in [5.41, 5.74) is 6.73. The second-order valence-electron chi connectivity index (χ2n) is 6.55. The highest BCUT2D eigenvalue weighted by Crippen LogP contribution is 2.36. The molecule has 0 unspecified atom stereocenters. The Morgan fingerprint density at radius 1 is 1.28 bits per heavy atom. The summed E-state index contributed by atoms with van der Waals surface area (Å²) < 4.78 is 6.00. The minimum Gasteiger partial charge on any atom is -0.483 e. The molecule has 6 nitrogen and oxygen atoms in total. The van der Waals surface area contributed by atoms with Crippen LogP contribution in [-0.2, 0) is 9.59 Å². The number of nitrogens with zero attached hydrogens (tertiary/aromatic N) is 2. The van der Waals surface area contributed by atoms with Crippen LogP contribution in [0.4, 0.5) is 5.69 Å². The molecule has 0 atom stereocenters. The van der Waals surface area contributed by atoms with Crippen LogP contribution < -0.4 is 10.5 Å². The van der Waals surface area contributed by atoms with Crippen LogP contribution in [-0.4, -0.2) is 34.5 Å². The molecular formula is C21H20BrN3O3S. The molecule has 0 aliphatic carbocycles. The van der Waals surface area contributed by atoms with E-state index in [2.05, 4.69) is 20.9 Å². The quantitative estimate of drug-likeness (QED) is 0.632. The van der Waals surface area contributed by atoms with Gasteiger partial charge in [0.25, 0.3) is 11.8 Å². The van der Waals surface area contributed by atoms with Gasteiger partial charge in [0.1, 0.15) is 5.75 Å². The van der Waals surface area contributed by atoms with E-state index in [4.69, 9.17) is 10.5 Å². The molecule has 0 radical (unpaired) electrons. The minimum atomic E-state index is -0.546. The van der Waals surface area contributed by atoms with Gasteiger partial charge in [-0.2, -0.15) is 0 Å². The maximum atomic E-state index is 12.9. The molecule has 2 aromatic rings. The highest BCUT2D eigenvalue weighted by molar-refractivity contribution is 9.10. The number of rotatable bonds is 6. The van der Waals surface area contributed by atoms with Gasteiger partial charge in [0, 0.05) is 6.04 Å². The number of aliphatic imine (C=N–C) groups is 1. The van der Waals surface area contributed by atoms with Crippen molar-refractivity contribution in [3.8, 4) is 5.75 Å². The fraction of sp³-hybridized carbons (Fsp3) is 0.190. The number of carbonyl (C=O) groups excluding carboxylic acids is 2. The van der Waals surface area contributed by atoms with E-state index in [-0.39, 0.29) is 18.6 Å². The van der Waals surface area contributed by atoms with Crippen molar-refractivity contribution in [1.29, 1.82) is 0 Å². The topological polar surface area (TPSA) is 85.0 Å². The molecule has 1 fully saturated rings. The second kappa shape index (κ2) is 9.28. The highest BCUT2D eigenvalue weighted by atomic mass is 79.9. The molecule has 1 aliphatic rings. The average molecular weight is 474 g/mol. The Balaban J connectivity index is 1.87. The van der Waals surface area contributed by atoms with Gasteiger partial charge in [0.2, 0.25) is 0 Å². The zero-order valence-electron chi connectivity index (χ0n) is 16.0. The lowest BCUT2D eigenvalue weighted by atomic mass is 10.2. The maximum absolute atomic E-state index is 12.9. The lowest BCUT2D eigenvalue weighted by Gasteiger charge is -2.19. The fourth-order valence-electron chi connectivity index (χ4n) is 2.66. The predicted octanol–water partition coefficient (Wildman–Crippen LogP) is 4.33. The molecule has 29 heavy (non-hydrogen) atoms. The van der Waals surface area contributed by atoms with E-state index < -0.39 is 5.91 Å². The first-order chi connectivity index (χ1) is 13.8. The summed E-state index contributed by atoms with van der Waals surface area (Å²) in [7, 11) is 0. The summed E-state index contributed by atoms with van der Waals surface area (Å²) in [6, 6.07) is 14.9. The number of carbonyl (C=O) groups is 2. The number of primary amides is 1. The molecule has 2 aromatic carbocycles. The second-order valence-corrected chi connectivity index (χ2v) is 8.42. The zero-order valence-corrected chi connectivity index (χ0v) is 18.4. The number of thioether (sulfide) groups is 1. The van der Waals surface area contributed by atoms with E-state index in [0.717, 1.165) is 11.3 Å². The third kappa shape index (κ3) is 5.27. The molecule has 150 valence electrons. The summed E-state index contributed by atoms with van der Waals surface area (Å²) in [6.45, 7) is 3.72. The first-order valence-corrected chi connectivity index (χ1v) is 10.5. The number of hydrogen-bond donors (Lipinski definition) is 1.